The van der Waals surface area contributed by atoms with Crippen LogP contribution in [-0.4, -0.2) is 46.7 Å². The van der Waals surface area contributed by atoms with E-state index in [1.54, 1.807) is 25.2 Å². The summed E-state index contributed by atoms with van der Waals surface area (Å²) in [4.78, 5) is 26.9. The molecule has 0 saturated carbocycles. The SMILES string of the molecule is COc1cc(C(=O)N2CCC(c3ccc(NC(=O)/C=C/c4cccc(C(F)(F)F)c4)cc3)CC2)n(C)n1. The van der Waals surface area contributed by atoms with Gasteiger partial charge >= 0.3 is 6.18 Å². The maximum atomic E-state index is 12.9. The molecule has 0 bridgehead atoms. The number of piperidine rings is 1. The predicted octanol–water partition coefficient (Wildman–Crippen LogP) is 5.12. The van der Waals surface area contributed by atoms with Crippen molar-refractivity contribution in [1.29, 1.82) is 0 Å². The average Bonchev–Trinajstić information content (AvgIpc) is 3.28. The van der Waals surface area contributed by atoms with Crippen molar-refractivity contribution in [2.75, 3.05) is 25.5 Å². The smallest absolute Gasteiger partial charge is 0.416 e. The number of hydrogen-bond donors (Lipinski definition) is 1. The van der Waals surface area contributed by atoms with Crippen LogP contribution in [-0.2, 0) is 18.0 Å². The van der Waals surface area contributed by atoms with Crippen molar-refractivity contribution in [2.45, 2.75) is 24.9 Å². The number of rotatable bonds is 6. The van der Waals surface area contributed by atoms with E-state index in [0.29, 0.717) is 30.4 Å². The van der Waals surface area contributed by atoms with Gasteiger partial charge in [0.05, 0.1) is 12.7 Å². The predicted molar refractivity (Wildman–Crippen MR) is 133 cm³/mol. The molecule has 0 atom stereocenters. The van der Waals surface area contributed by atoms with Crippen molar-refractivity contribution in [3.05, 3.63) is 83.1 Å². The first-order valence-electron chi connectivity index (χ1n) is 11.8. The minimum atomic E-state index is -4.44. The summed E-state index contributed by atoms with van der Waals surface area (Å²) < 4.78 is 45.2. The molecular weight excluding hydrogens is 485 g/mol. The lowest BCUT2D eigenvalue weighted by atomic mass is 9.89. The molecule has 2 amide bonds. The first-order chi connectivity index (χ1) is 17.6. The fourth-order valence-corrected chi connectivity index (χ4v) is 4.33. The van der Waals surface area contributed by atoms with E-state index in [2.05, 4.69) is 10.4 Å². The Bertz CT molecular complexity index is 1290. The summed E-state index contributed by atoms with van der Waals surface area (Å²) >= 11 is 0. The number of aryl methyl sites for hydroxylation is 1. The Hall–Kier alpha value is -4.08. The van der Waals surface area contributed by atoms with Gasteiger partial charge in [-0.05, 0) is 60.2 Å². The minimum absolute atomic E-state index is 0.0759. The molecule has 0 unspecified atom stereocenters. The lowest BCUT2D eigenvalue weighted by Crippen LogP contribution is -2.38. The highest BCUT2D eigenvalue weighted by atomic mass is 19.4. The second-order valence-corrected chi connectivity index (χ2v) is 8.83. The van der Waals surface area contributed by atoms with Gasteiger partial charge in [-0.2, -0.15) is 13.2 Å². The topological polar surface area (TPSA) is 76.5 Å². The summed E-state index contributed by atoms with van der Waals surface area (Å²) in [5.74, 6) is 0.173. The second kappa shape index (κ2) is 10.9. The largest absolute Gasteiger partial charge is 0.480 e. The zero-order valence-corrected chi connectivity index (χ0v) is 20.5. The van der Waals surface area contributed by atoms with E-state index in [4.69, 9.17) is 4.74 Å². The molecule has 2 heterocycles. The number of anilines is 1. The van der Waals surface area contributed by atoms with E-state index in [9.17, 15) is 22.8 Å². The van der Waals surface area contributed by atoms with Gasteiger partial charge < -0.3 is 15.0 Å². The summed E-state index contributed by atoms with van der Waals surface area (Å²) in [7, 11) is 3.22. The zero-order valence-electron chi connectivity index (χ0n) is 20.5. The molecule has 0 aliphatic carbocycles. The number of carbonyl (C=O) groups is 2. The highest BCUT2D eigenvalue weighted by molar-refractivity contribution is 6.01. The van der Waals surface area contributed by atoms with Crippen LogP contribution in [0.25, 0.3) is 6.08 Å². The maximum Gasteiger partial charge on any atom is 0.416 e. The van der Waals surface area contributed by atoms with Crippen LogP contribution in [0, 0.1) is 0 Å². The third-order valence-corrected chi connectivity index (χ3v) is 6.36. The minimum Gasteiger partial charge on any atom is -0.480 e. The van der Waals surface area contributed by atoms with E-state index in [-0.39, 0.29) is 17.4 Å². The summed E-state index contributed by atoms with van der Waals surface area (Å²) in [6.45, 7) is 1.24. The molecule has 1 aliphatic heterocycles. The fraction of sp³-hybridized carbons (Fsp3) is 0.296. The molecule has 37 heavy (non-hydrogen) atoms. The molecule has 1 N–H and O–H groups in total. The number of ether oxygens (including phenoxy) is 1. The van der Waals surface area contributed by atoms with Crippen LogP contribution in [0.1, 0.15) is 45.9 Å². The molecule has 10 heteroatoms. The van der Waals surface area contributed by atoms with Gasteiger partial charge in [-0.3, -0.25) is 14.3 Å². The van der Waals surface area contributed by atoms with Gasteiger partial charge in [-0.25, -0.2) is 0 Å². The quantitative estimate of drug-likeness (QED) is 0.466. The highest BCUT2D eigenvalue weighted by Gasteiger charge is 2.30. The molecule has 1 fully saturated rings. The number of halogens is 3. The Morgan fingerprint density at radius 3 is 2.41 bits per heavy atom. The van der Waals surface area contributed by atoms with Gasteiger partial charge in [0.1, 0.15) is 5.69 Å². The number of amides is 2. The summed E-state index contributed by atoms with van der Waals surface area (Å²) in [5.41, 5.74) is 1.70. The van der Waals surface area contributed by atoms with Crippen LogP contribution < -0.4 is 10.1 Å². The third kappa shape index (κ3) is 6.38. The van der Waals surface area contributed by atoms with Crippen LogP contribution in [0.15, 0.2) is 60.7 Å². The molecule has 0 spiro atoms. The first-order valence-corrected chi connectivity index (χ1v) is 11.8. The number of carbonyl (C=O) groups excluding carboxylic acids is 2. The molecule has 1 saturated heterocycles. The number of aromatic nitrogens is 2. The van der Waals surface area contributed by atoms with E-state index in [0.717, 1.165) is 30.5 Å². The van der Waals surface area contributed by atoms with E-state index in [1.165, 1.54) is 36.1 Å². The molecule has 2 aromatic carbocycles. The van der Waals surface area contributed by atoms with Crippen molar-refractivity contribution in [2.24, 2.45) is 7.05 Å². The number of nitrogens with one attached hydrogen (secondary N) is 1. The second-order valence-electron chi connectivity index (χ2n) is 8.83. The summed E-state index contributed by atoms with van der Waals surface area (Å²) in [6, 6.07) is 13.9. The average molecular weight is 513 g/mol. The zero-order chi connectivity index (χ0) is 26.6. The number of hydrogen-bond acceptors (Lipinski definition) is 4. The van der Waals surface area contributed by atoms with Crippen molar-refractivity contribution < 1.29 is 27.5 Å². The summed E-state index contributed by atoms with van der Waals surface area (Å²) in [5, 5.41) is 6.87. The van der Waals surface area contributed by atoms with Gasteiger partial charge in [0, 0.05) is 38.0 Å². The summed E-state index contributed by atoms with van der Waals surface area (Å²) in [6.07, 6.45) is -0.269. The van der Waals surface area contributed by atoms with Crippen LogP contribution in [0.5, 0.6) is 5.88 Å². The molecule has 3 aromatic rings. The molecule has 0 radical (unpaired) electrons. The Morgan fingerprint density at radius 2 is 1.78 bits per heavy atom. The van der Waals surface area contributed by atoms with Crippen LogP contribution in [0.2, 0.25) is 0 Å². The van der Waals surface area contributed by atoms with Crippen molar-refractivity contribution in [3.8, 4) is 5.88 Å². The Balaban J connectivity index is 1.30. The van der Waals surface area contributed by atoms with Crippen LogP contribution in [0.3, 0.4) is 0 Å². The highest BCUT2D eigenvalue weighted by Crippen LogP contribution is 2.31. The normalized spacial score (nSPS) is 14.7. The van der Waals surface area contributed by atoms with Gasteiger partial charge in [-0.1, -0.05) is 24.3 Å². The van der Waals surface area contributed by atoms with E-state index in [1.807, 2.05) is 17.0 Å². The lowest BCUT2D eigenvalue weighted by molar-refractivity contribution is -0.137. The number of likely N-dealkylation sites (tertiary alicyclic amines) is 1. The van der Waals surface area contributed by atoms with Gasteiger partial charge in [0.2, 0.25) is 11.8 Å². The number of methoxy groups -OCH3 is 1. The van der Waals surface area contributed by atoms with E-state index >= 15 is 0 Å². The van der Waals surface area contributed by atoms with Gasteiger partial charge in [0.15, 0.2) is 0 Å². The standard InChI is InChI=1S/C27H27F3N4O3/c1-33-23(17-25(32-33)37-2)26(36)34-14-12-20(13-15-34)19-7-9-22(10-8-19)31-24(35)11-6-18-4-3-5-21(16-18)27(28,29)30/h3-11,16-17,20H,12-15H2,1-2H3,(H,31,35)/b11-6+. The van der Waals surface area contributed by atoms with E-state index < -0.39 is 17.6 Å². The van der Waals surface area contributed by atoms with Gasteiger partial charge in [0.25, 0.3) is 5.91 Å². The molecule has 1 aliphatic rings. The van der Waals surface area contributed by atoms with Crippen LogP contribution >= 0.6 is 0 Å². The van der Waals surface area contributed by atoms with Gasteiger partial charge in [-0.15, -0.1) is 5.10 Å². The number of nitrogens with zero attached hydrogens (tertiary/aromatic N) is 3. The number of alkyl halides is 3. The molecule has 7 nitrogen and oxygen atoms in total. The van der Waals surface area contributed by atoms with Crippen LogP contribution in [0.4, 0.5) is 18.9 Å². The monoisotopic (exact) mass is 512 g/mol. The lowest BCUT2D eigenvalue weighted by Gasteiger charge is -2.32. The molecular formula is C27H27F3N4O3. The number of benzene rings is 2. The first kappa shape index (κ1) is 26.0. The maximum absolute atomic E-state index is 12.9. The van der Waals surface area contributed by atoms with Crippen molar-refractivity contribution in [3.63, 3.8) is 0 Å². The fourth-order valence-electron chi connectivity index (χ4n) is 4.33. The Kier molecular flexibility index (Phi) is 7.66. The Morgan fingerprint density at radius 1 is 1.08 bits per heavy atom. The molecule has 4 rings (SSSR count). The van der Waals surface area contributed by atoms with Crippen molar-refractivity contribution >= 4 is 23.6 Å². The Labute approximate surface area is 212 Å². The van der Waals surface area contributed by atoms with Crippen molar-refractivity contribution in [1.82, 2.24) is 14.7 Å². The molecule has 194 valence electrons. The molecule has 1 aromatic heterocycles. The third-order valence-electron chi connectivity index (χ3n) is 6.36.